The summed E-state index contributed by atoms with van der Waals surface area (Å²) in [5.74, 6) is 0.00642. The van der Waals surface area contributed by atoms with Crippen LogP contribution in [0, 0.1) is 17.2 Å². The third-order valence-electron chi connectivity index (χ3n) is 3.85. The molecule has 0 aliphatic carbocycles. The molecule has 1 saturated heterocycles. The maximum atomic E-state index is 12.3. The number of hydrogen-bond acceptors (Lipinski definition) is 4. The number of rotatable bonds is 4. The van der Waals surface area contributed by atoms with Gasteiger partial charge in [0.25, 0.3) is 5.91 Å². The fourth-order valence-corrected chi connectivity index (χ4v) is 2.50. The highest BCUT2D eigenvalue weighted by Crippen LogP contribution is 2.19. The molecule has 2 rings (SSSR count). The molecule has 1 aromatic carbocycles. The first kappa shape index (κ1) is 15.8. The Morgan fingerprint density at radius 1 is 1.32 bits per heavy atom. The molecule has 1 heterocycles. The molecule has 22 heavy (non-hydrogen) atoms. The maximum absolute atomic E-state index is 12.3. The summed E-state index contributed by atoms with van der Waals surface area (Å²) in [6.07, 6.45) is 0.591. The van der Waals surface area contributed by atoms with Crippen molar-refractivity contribution < 1.29 is 14.3 Å². The summed E-state index contributed by atoms with van der Waals surface area (Å²) in [5, 5.41) is 8.74. The summed E-state index contributed by atoms with van der Waals surface area (Å²) in [5.41, 5.74) is 5.83. The highest BCUT2D eigenvalue weighted by atomic mass is 16.5. The maximum Gasteiger partial charge on any atom is 0.263 e. The molecule has 0 saturated carbocycles. The molecule has 1 aliphatic rings. The SMILES string of the molecule is CC(Oc1ccc(C#N)cc1)C(=O)N1CCC(C(N)=O)CC1. The average molecular weight is 301 g/mol. The van der Waals surface area contributed by atoms with Gasteiger partial charge in [0.15, 0.2) is 6.10 Å². The third kappa shape index (κ3) is 3.76. The fourth-order valence-electron chi connectivity index (χ4n) is 2.50. The highest BCUT2D eigenvalue weighted by molar-refractivity contribution is 5.82. The van der Waals surface area contributed by atoms with E-state index in [4.69, 9.17) is 15.7 Å². The van der Waals surface area contributed by atoms with Crippen LogP contribution in [0.1, 0.15) is 25.3 Å². The number of hydrogen-bond donors (Lipinski definition) is 1. The molecular formula is C16H19N3O3. The second-order valence-corrected chi connectivity index (χ2v) is 5.40. The smallest absolute Gasteiger partial charge is 0.263 e. The lowest BCUT2D eigenvalue weighted by Crippen LogP contribution is -2.46. The Balaban J connectivity index is 1.89. The van der Waals surface area contributed by atoms with Gasteiger partial charge in [-0.2, -0.15) is 5.26 Å². The van der Waals surface area contributed by atoms with Crippen molar-refractivity contribution in [3.8, 4) is 11.8 Å². The molecule has 116 valence electrons. The van der Waals surface area contributed by atoms with Crippen LogP contribution in [0.25, 0.3) is 0 Å². The fraction of sp³-hybridized carbons (Fsp3) is 0.438. The Bertz CT molecular complexity index is 584. The molecule has 1 aromatic rings. The van der Waals surface area contributed by atoms with E-state index in [0.717, 1.165) is 0 Å². The van der Waals surface area contributed by atoms with Gasteiger partial charge in [0, 0.05) is 19.0 Å². The van der Waals surface area contributed by atoms with Crippen molar-refractivity contribution in [2.45, 2.75) is 25.9 Å². The van der Waals surface area contributed by atoms with E-state index < -0.39 is 6.10 Å². The van der Waals surface area contributed by atoms with Gasteiger partial charge in [-0.05, 0) is 44.0 Å². The van der Waals surface area contributed by atoms with Crippen molar-refractivity contribution in [3.05, 3.63) is 29.8 Å². The van der Waals surface area contributed by atoms with Crippen LogP contribution in [-0.2, 0) is 9.59 Å². The molecule has 0 radical (unpaired) electrons. The summed E-state index contributed by atoms with van der Waals surface area (Å²) in [4.78, 5) is 25.2. The van der Waals surface area contributed by atoms with Gasteiger partial charge >= 0.3 is 0 Å². The lowest BCUT2D eigenvalue weighted by atomic mass is 9.96. The second kappa shape index (κ2) is 6.94. The largest absolute Gasteiger partial charge is 0.481 e. The van der Waals surface area contributed by atoms with E-state index in [1.165, 1.54) is 0 Å². The van der Waals surface area contributed by atoms with Crippen LogP contribution >= 0.6 is 0 Å². The van der Waals surface area contributed by atoms with E-state index in [2.05, 4.69) is 0 Å². The van der Waals surface area contributed by atoms with Crippen LogP contribution in [0.2, 0.25) is 0 Å². The molecule has 0 aromatic heterocycles. The van der Waals surface area contributed by atoms with Gasteiger partial charge in [-0.3, -0.25) is 9.59 Å². The Morgan fingerprint density at radius 2 is 1.91 bits per heavy atom. The summed E-state index contributed by atoms with van der Waals surface area (Å²) in [6, 6.07) is 8.65. The van der Waals surface area contributed by atoms with E-state index in [9.17, 15) is 9.59 Å². The zero-order valence-corrected chi connectivity index (χ0v) is 12.5. The molecule has 6 heteroatoms. The van der Waals surface area contributed by atoms with Crippen LogP contribution in [0.15, 0.2) is 24.3 Å². The number of amides is 2. The molecule has 0 bridgehead atoms. The molecular weight excluding hydrogens is 282 g/mol. The van der Waals surface area contributed by atoms with E-state index >= 15 is 0 Å². The van der Waals surface area contributed by atoms with E-state index in [0.29, 0.717) is 37.2 Å². The van der Waals surface area contributed by atoms with Crippen molar-refractivity contribution in [1.29, 1.82) is 5.26 Å². The number of likely N-dealkylation sites (tertiary alicyclic amines) is 1. The Morgan fingerprint density at radius 3 is 2.41 bits per heavy atom. The molecule has 6 nitrogen and oxygen atoms in total. The standard InChI is InChI=1S/C16H19N3O3/c1-11(22-14-4-2-12(10-17)3-5-14)16(21)19-8-6-13(7-9-19)15(18)20/h2-5,11,13H,6-9H2,1H3,(H2,18,20). The predicted octanol–water partition coefficient (Wildman–Crippen LogP) is 1.05. The van der Waals surface area contributed by atoms with Gasteiger partial charge in [0.05, 0.1) is 11.6 Å². The Hall–Kier alpha value is -2.55. The first-order valence-corrected chi connectivity index (χ1v) is 7.26. The van der Waals surface area contributed by atoms with Crippen molar-refractivity contribution in [3.63, 3.8) is 0 Å². The van der Waals surface area contributed by atoms with Crippen LogP contribution in [0.5, 0.6) is 5.75 Å². The topological polar surface area (TPSA) is 96.4 Å². The van der Waals surface area contributed by atoms with Gasteiger partial charge in [-0.25, -0.2) is 0 Å². The van der Waals surface area contributed by atoms with Gasteiger partial charge in [-0.15, -0.1) is 0 Å². The lowest BCUT2D eigenvalue weighted by molar-refractivity contribution is -0.140. The van der Waals surface area contributed by atoms with Gasteiger partial charge in [0.1, 0.15) is 5.75 Å². The van der Waals surface area contributed by atoms with Crippen molar-refractivity contribution in [1.82, 2.24) is 4.90 Å². The predicted molar refractivity (Wildman–Crippen MR) is 79.7 cm³/mol. The van der Waals surface area contributed by atoms with E-state index in [1.54, 1.807) is 36.1 Å². The summed E-state index contributed by atoms with van der Waals surface area (Å²) in [6.45, 7) is 2.74. The van der Waals surface area contributed by atoms with Crippen LogP contribution in [0.3, 0.4) is 0 Å². The number of nitrogens with zero attached hydrogens (tertiary/aromatic N) is 2. The summed E-state index contributed by atoms with van der Waals surface area (Å²) < 4.78 is 5.61. The van der Waals surface area contributed by atoms with Crippen LogP contribution in [-0.4, -0.2) is 35.9 Å². The van der Waals surface area contributed by atoms with Crippen molar-refractivity contribution in [2.24, 2.45) is 11.7 Å². The first-order valence-electron chi connectivity index (χ1n) is 7.26. The minimum Gasteiger partial charge on any atom is -0.481 e. The van der Waals surface area contributed by atoms with Crippen molar-refractivity contribution >= 4 is 11.8 Å². The molecule has 1 fully saturated rings. The Kier molecular flexibility index (Phi) is 4.99. The highest BCUT2D eigenvalue weighted by Gasteiger charge is 2.28. The molecule has 1 aliphatic heterocycles. The second-order valence-electron chi connectivity index (χ2n) is 5.40. The number of piperidine rings is 1. The normalized spacial score (nSPS) is 16.6. The molecule has 1 atom stereocenters. The molecule has 0 spiro atoms. The molecule has 1 unspecified atom stereocenters. The zero-order valence-electron chi connectivity index (χ0n) is 12.5. The number of carbonyl (C=O) groups is 2. The van der Waals surface area contributed by atoms with E-state index in [-0.39, 0.29) is 17.7 Å². The summed E-state index contributed by atoms with van der Waals surface area (Å²) >= 11 is 0. The van der Waals surface area contributed by atoms with Crippen LogP contribution < -0.4 is 10.5 Å². The van der Waals surface area contributed by atoms with E-state index in [1.807, 2.05) is 6.07 Å². The van der Waals surface area contributed by atoms with Crippen molar-refractivity contribution in [2.75, 3.05) is 13.1 Å². The van der Waals surface area contributed by atoms with Gasteiger partial charge < -0.3 is 15.4 Å². The average Bonchev–Trinajstić information content (AvgIpc) is 2.55. The number of benzene rings is 1. The lowest BCUT2D eigenvalue weighted by Gasteiger charge is -2.32. The monoisotopic (exact) mass is 301 g/mol. The van der Waals surface area contributed by atoms with Gasteiger partial charge in [-0.1, -0.05) is 0 Å². The molecule has 2 N–H and O–H groups in total. The minimum absolute atomic E-state index is 0.104. The Labute approximate surface area is 129 Å². The quantitative estimate of drug-likeness (QED) is 0.899. The third-order valence-corrected chi connectivity index (χ3v) is 3.85. The number of nitriles is 1. The zero-order chi connectivity index (χ0) is 16.1. The minimum atomic E-state index is -0.613. The number of carbonyl (C=O) groups excluding carboxylic acids is 2. The van der Waals surface area contributed by atoms with Gasteiger partial charge in [0.2, 0.25) is 5.91 Å². The number of nitrogens with two attached hydrogens (primary N) is 1. The number of ether oxygens (including phenoxy) is 1. The molecule has 2 amide bonds. The first-order chi connectivity index (χ1) is 10.5. The van der Waals surface area contributed by atoms with Crippen LogP contribution in [0.4, 0.5) is 0 Å². The summed E-state index contributed by atoms with van der Waals surface area (Å²) in [7, 11) is 0. The number of primary amides is 1.